The van der Waals surface area contributed by atoms with Crippen LogP contribution in [0.5, 0.6) is 0 Å². The van der Waals surface area contributed by atoms with Gasteiger partial charge in [0.2, 0.25) is 16.0 Å². The number of carbonyl (C=O) groups is 1. The van der Waals surface area contributed by atoms with E-state index in [2.05, 4.69) is 15.0 Å². The highest BCUT2D eigenvalue weighted by Gasteiger charge is 2.31. The Morgan fingerprint density at radius 1 is 1.17 bits per heavy atom. The second-order valence-electron chi connectivity index (χ2n) is 7.47. The number of rotatable bonds is 3. The number of morpholine rings is 1. The molecule has 5 rings (SSSR count). The Bertz CT molecular complexity index is 980. The van der Waals surface area contributed by atoms with E-state index in [9.17, 15) is 9.18 Å². The molecule has 0 spiro atoms. The average Bonchev–Trinajstić information content (AvgIpc) is 3.34. The van der Waals surface area contributed by atoms with E-state index in [0.29, 0.717) is 32.8 Å². The number of aromatic nitrogens is 3. The first kappa shape index (κ1) is 18.5. The zero-order valence-corrected chi connectivity index (χ0v) is 16.8. The molecule has 2 aliphatic rings. The highest BCUT2D eigenvalue weighted by atomic mass is 32.1. The van der Waals surface area contributed by atoms with Crippen molar-refractivity contribution < 1.29 is 13.9 Å². The molecule has 9 heteroatoms. The van der Waals surface area contributed by atoms with Gasteiger partial charge in [0.05, 0.1) is 31.0 Å². The number of halogens is 1. The summed E-state index contributed by atoms with van der Waals surface area (Å²) in [6, 6.07) is 6.30. The fraction of sp³-hybridized carbons (Fsp3) is 0.450. The zero-order chi connectivity index (χ0) is 19.8. The van der Waals surface area contributed by atoms with Gasteiger partial charge < -0.3 is 14.5 Å². The second kappa shape index (κ2) is 7.72. The third-order valence-corrected chi connectivity index (χ3v) is 6.52. The van der Waals surface area contributed by atoms with Crippen molar-refractivity contribution in [1.82, 2.24) is 19.5 Å². The normalized spacial score (nSPS) is 20.4. The van der Waals surface area contributed by atoms with Crippen molar-refractivity contribution >= 4 is 27.3 Å². The smallest absolute Gasteiger partial charge is 0.227 e. The number of anilines is 1. The maximum Gasteiger partial charge on any atom is 0.227 e. The van der Waals surface area contributed by atoms with E-state index in [1.807, 2.05) is 11.1 Å². The number of nitrogens with zero attached hydrogens (tertiary/aromatic N) is 5. The van der Waals surface area contributed by atoms with E-state index in [1.165, 1.54) is 23.5 Å². The van der Waals surface area contributed by atoms with Crippen LogP contribution in [0.3, 0.4) is 0 Å². The van der Waals surface area contributed by atoms with Crippen molar-refractivity contribution in [1.29, 1.82) is 0 Å². The predicted molar refractivity (Wildman–Crippen MR) is 109 cm³/mol. The molecule has 2 saturated heterocycles. The summed E-state index contributed by atoms with van der Waals surface area (Å²) in [5.74, 6) is -0.0211. The molecule has 3 aromatic rings. The lowest BCUT2D eigenvalue weighted by molar-refractivity contribution is -0.139. The van der Waals surface area contributed by atoms with Crippen LogP contribution in [0.4, 0.5) is 9.52 Å². The van der Waals surface area contributed by atoms with Gasteiger partial charge in [-0.3, -0.25) is 4.79 Å². The van der Waals surface area contributed by atoms with Crippen LogP contribution >= 0.6 is 11.3 Å². The highest BCUT2D eigenvalue weighted by molar-refractivity contribution is 7.20. The van der Waals surface area contributed by atoms with Gasteiger partial charge in [0.1, 0.15) is 5.82 Å². The SMILES string of the molecule is O=C([C@@H]1CCCN(c2nn3cc(-c4ccc(F)cc4)nc3s2)C1)N1CCOCC1. The van der Waals surface area contributed by atoms with Crippen molar-refractivity contribution in [3.8, 4) is 11.3 Å². The standard InChI is InChI=1S/C20H22FN5O2S/c21-16-5-3-14(4-6-16)17-13-26-19(22-17)29-20(23-26)25-7-1-2-15(12-25)18(27)24-8-10-28-11-9-24/h3-6,13,15H,1-2,7-12H2/t15-/m1/s1. The molecule has 1 amide bonds. The van der Waals surface area contributed by atoms with Crippen molar-refractivity contribution in [2.24, 2.45) is 5.92 Å². The lowest BCUT2D eigenvalue weighted by Crippen LogP contribution is -2.48. The maximum absolute atomic E-state index is 13.1. The minimum atomic E-state index is -0.263. The number of benzene rings is 1. The Labute approximate surface area is 171 Å². The van der Waals surface area contributed by atoms with Crippen LogP contribution in [0.25, 0.3) is 16.2 Å². The van der Waals surface area contributed by atoms with Gasteiger partial charge in [-0.05, 0) is 37.1 Å². The molecule has 2 aromatic heterocycles. The fourth-order valence-corrected chi connectivity index (χ4v) is 4.89. The van der Waals surface area contributed by atoms with Crippen LogP contribution in [0, 0.1) is 11.7 Å². The molecule has 0 N–H and O–H groups in total. The number of fused-ring (bicyclic) bond motifs is 1. The summed E-state index contributed by atoms with van der Waals surface area (Å²) in [6.45, 7) is 4.22. The van der Waals surface area contributed by atoms with Gasteiger partial charge in [-0.25, -0.2) is 13.9 Å². The van der Waals surface area contributed by atoms with Gasteiger partial charge in [-0.2, -0.15) is 0 Å². The third kappa shape index (κ3) is 3.72. The van der Waals surface area contributed by atoms with Gasteiger partial charge in [-0.15, -0.1) is 5.10 Å². The Balaban J connectivity index is 1.31. The van der Waals surface area contributed by atoms with Crippen molar-refractivity contribution in [3.63, 3.8) is 0 Å². The molecule has 7 nitrogen and oxygen atoms in total. The van der Waals surface area contributed by atoms with Crippen LogP contribution in [-0.2, 0) is 9.53 Å². The minimum Gasteiger partial charge on any atom is -0.378 e. The van der Waals surface area contributed by atoms with Gasteiger partial charge in [-0.1, -0.05) is 11.3 Å². The Kier molecular flexibility index (Phi) is 4.92. The number of carbonyl (C=O) groups excluding carboxylic acids is 1. The molecule has 29 heavy (non-hydrogen) atoms. The Hall–Kier alpha value is -2.52. The first-order valence-corrected chi connectivity index (χ1v) is 10.7. The van der Waals surface area contributed by atoms with Gasteiger partial charge in [0.25, 0.3) is 0 Å². The molecular weight excluding hydrogens is 393 g/mol. The maximum atomic E-state index is 13.1. The van der Waals surface area contributed by atoms with Crippen molar-refractivity contribution in [2.75, 3.05) is 44.3 Å². The van der Waals surface area contributed by atoms with Gasteiger partial charge >= 0.3 is 0 Å². The molecule has 0 bridgehead atoms. The summed E-state index contributed by atoms with van der Waals surface area (Å²) in [6.07, 6.45) is 3.76. The molecule has 2 aliphatic heterocycles. The number of amides is 1. The number of ether oxygens (including phenoxy) is 1. The van der Waals surface area contributed by atoms with E-state index >= 15 is 0 Å². The van der Waals surface area contributed by atoms with Crippen LogP contribution in [-0.4, -0.2) is 64.8 Å². The van der Waals surface area contributed by atoms with Crippen LogP contribution < -0.4 is 4.90 Å². The summed E-state index contributed by atoms with van der Waals surface area (Å²) in [5.41, 5.74) is 1.63. The number of hydrogen-bond donors (Lipinski definition) is 0. The largest absolute Gasteiger partial charge is 0.378 e. The fourth-order valence-electron chi connectivity index (χ4n) is 3.97. The number of hydrogen-bond acceptors (Lipinski definition) is 6. The van der Waals surface area contributed by atoms with Crippen LogP contribution in [0.15, 0.2) is 30.5 Å². The lowest BCUT2D eigenvalue weighted by atomic mass is 9.96. The Morgan fingerprint density at radius 2 is 1.97 bits per heavy atom. The number of imidazole rings is 1. The van der Waals surface area contributed by atoms with Gasteiger partial charge in [0.15, 0.2) is 0 Å². The molecular formula is C20H22FN5O2S. The van der Waals surface area contributed by atoms with E-state index in [-0.39, 0.29) is 17.6 Å². The average molecular weight is 415 g/mol. The molecule has 0 radical (unpaired) electrons. The summed E-state index contributed by atoms with van der Waals surface area (Å²) in [4.78, 5) is 22.4. The van der Waals surface area contributed by atoms with E-state index in [1.54, 1.807) is 16.6 Å². The van der Waals surface area contributed by atoms with E-state index in [0.717, 1.165) is 40.7 Å². The molecule has 1 atom stereocenters. The first-order chi connectivity index (χ1) is 14.2. The van der Waals surface area contributed by atoms with Crippen molar-refractivity contribution in [2.45, 2.75) is 12.8 Å². The highest BCUT2D eigenvalue weighted by Crippen LogP contribution is 2.30. The molecule has 4 heterocycles. The summed E-state index contributed by atoms with van der Waals surface area (Å²) >= 11 is 1.52. The Morgan fingerprint density at radius 3 is 2.72 bits per heavy atom. The van der Waals surface area contributed by atoms with E-state index < -0.39 is 0 Å². The predicted octanol–water partition coefficient (Wildman–Crippen LogP) is 2.67. The summed E-state index contributed by atoms with van der Waals surface area (Å²) in [5, 5.41) is 5.57. The lowest BCUT2D eigenvalue weighted by Gasteiger charge is -2.35. The summed E-state index contributed by atoms with van der Waals surface area (Å²) < 4.78 is 20.3. The zero-order valence-electron chi connectivity index (χ0n) is 16.0. The topological polar surface area (TPSA) is 63.0 Å². The van der Waals surface area contributed by atoms with E-state index in [4.69, 9.17) is 4.74 Å². The molecule has 0 aliphatic carbocycles. The monoisotopic (exact) mass is 415 g/mol. The molecule has 152 valence electrons. The molecule has 0 saturated carbocycles. The third-order valence-electron chi connectivity index (χ3n) is 5.54. The number of piperidine rings is 1. The molecule has 1 aromatic carbocycles. The second-order valence-corrected chi connectivity index (χ2v) is 8.40. The van der Waals surface area contributed by atoms with Crippen LogP contribution in [0.2, 0.25) is 0 Å². The minimum absolute atomic E-state index is 0.00727. The molecule has 0 unspecified atom stereocenters. The summed E-state index contributed by atoms with van der Waals surface area (Å²) in [7, 11) is 0. The molecule has 2 fully saturated rings. The van der Waals surface area contributed by atoms with Crippen molar-refractivity contribution in [3.05, 3.63) is 36.3 Å². The first-order valence-electron chi connectivity index (χ1n) is 9.91. The van der Waals surface area contributed by atoms with Gasteiger partial charge in [0, 0.05) is 31.7 Å². The van der Waals surface area contributed by atoms with Crippen LogP contribution in [0.1, 0.15) is 12.8 Å². The quantitative estimate of drug-likeness (QED) is 0.658.